The first-order chi connectivity index (χ1) is 6.94. The second-order valence-electron chi connectivity index (χ2n) is 4.68. The fraction of sp³-hybridized carbons (Fsp3) is 0.917. The number of unbranched alkanes of at least 4 members (excludes halogenated alkanes) is 1. The first kappa shape index (κ1) is 14.4. The zero-order valence-electron chi connectivity index (χ0n) is 10.6. The maximum Gasteiger partial charge on any atom is 0.240 e. The Morgan fingerprint density at radius 3 is 2.47 bits per heavy atom. The minimum absolute atomic E-state index is 0.0204. The van der Waals surface area contributed by atoms with Crippen molar-refractivity contribution in [2.75, 3.05) is 0 Å². The van der Waals surface area contributed by atoms with Crippen LogP contribution in [0.3, 0.4) is 0 Å². The number of carbonyl (C=O) groups excluding carboxylic acids is 1. The molecule has 2 unspecified atom stereocenters. The topological polar surface area (TPSA) is 55.1 Å². The average Bonchev–Trinajstić information content (AvgIpc) is 2.14. The standard InChI is InChI=1S/C12H26N2O/c1-5-7-8-10(3)14-11(15)12(4,13)9-6-2/h10H,5-9,13H2,1-4H3,(H,14,15). The number of hydrogen-bond donors (Lipinski definition) is 2. The predicted octanol–water partition coefficient (Wildman–Crippen LogP) is 2.20. The minimum Gasteiger partial charge on any atom is -0.352 e. The maximum atomic E-state index is 11.8. The highest BCUT2D eigenvalue weighted by Gasteiger charge is 2.27. The Bertz CT molecular complexity index is 190. The third-order valence-corrected chi connectivity index (χ3v) is 2.66. The quantitative estimate of drug-likeness (QED) is 0.682. The predicted molar refractivity (Wildman–Crippen MR) is 64.6 cm³/mol. The molecule has 0 bridgehead atoms. The Hall–Kier alpha value is -0.570. The van der Waals surface area contributed by atoms with Gasteiger partial charge in [-0.25, -0.2) is 0 Å². The largest absolute Gasteiger partial charge is 0.352 e. The molecule has 2 atom stereocenters. The van der Waals surface area contributed by atoms with Gasteiger partial charge in [0.05, 0.1) is 5.54 Å². The van der Waals surface area contributed by atoms with E-state index in [-0.39, 0.29) is 11.9 Å². The van der Waals surface area contributed by atoms with Gasteiger partial charge in [-0.15, -0.1) is 0 Å². The Morgan fingerprint density at radius 2 is 2.00 bits per heavy atom. The molecule has 0 aromatic rings. The van der Waals surface area contributed by atoms with Crippen LogP contribution < -0.4 is 11.1 Å². The summed E-state index contributed by atoms with van der Waals surface area (Å²) in [7, 11) is 0. The van der Waals surface area contributed by atoms with Crippen LogP contribution in [-0.2, 0) is 4.79 Å². The minimum atomic E-state index is -0.713. The second-order valence-corrected chi connectivity index (χ2v) is 4.68. The second kappa shape index (κ2) is 6.83. The Labute approximate surface area is 93.8 Å². The lowest BCUT2D eigenvalue weighted by molar-refractivity contribution is -0.126. The zero-order valence-corrected chi connectivity index (χ0v) is 10.6. The lowest BCUT2D eigenvalue weighted by atomic mass is 9.96. The molecule has 0 aromatic heterocycles. The van der Waals surface area contributed by atoms with E-state index in [1.54, 1.807) is 6.92 Å². The third-order valence-electron chi connectivity index (χ3n) is 2.66. The van der Waals surface area contributed by atoms with Gasteiger partial charge in [-0.1, -0.05) is 33.1 Å². The van der Waals surface area contributed by atoms with Gasteiger partial charge in [0, 0.05) is 6.04 Å². The number of nitrogens with two attached hydrogens (primary N) is 1. The van der Waals surface area contributed by atoms with Gasteiger partial charge in [0.1, 0.15) is 0 Å². The molecule has 0 aliphatic heterocycles. The van der Waals surface area contributed by atoms with E-state index >= 15 is 0 Å². The normalized spacial score (nSPS) is 16.9. The van der Waals surface area contributed by atoms with E-state index in [1.165, 1.54) is 0 Å². The Kier molecular flexibility index (Phi) is 6.57. The van der Waals surface area contributed by atoms with Crippen molar-refractivity contribution in [1.29, 1.82) is 0 Å². The SMILES string of the molecule is CCCCC(C)NC(=O)C(C)(N)CCC. The smallest absolute Gasteiger partial charge is 0.240 e. The lowest BCUT2D eigenvalue weighted by Crippen LogP contribution is -2.53. The van der Waals surface area contributed by atoms with Crippen molar-refractivity contribution in [1.82, 2.24) is 5.32 Å². The highest BCUT2D eigenvalue weighted by atomic mass is 16.2. The summed E-state index contributed by atoms with van der Waals surface area (Å²) in [5.74, 6) is -0.0204. The van der Waals surface area contributed by atoms with Crippen LogP contribution in [-0.4, -0.2) is 17.5 Å². The van der Waals surface area contributed by atoms with Crippen molar-refractivity contribution in [2.45, 2.75) is 71.4 Å². The van der Waals surface area contributed by atoms with Gasteiger partial charge in [-0.05, 0) is 26.7 Å². The highest BCUT2D eigenvalue weighted by Crippen LogP contribution is 2.09. The molecular weight excluding hydrogens is 188 g/mol. The molecular formula is C12H26N2O. The van der Waals surface area contributed by atoms with E-state index in [4.69, 9.17) is 5.73 Å². The fourth-order valence-corrected chi connectivity index (χ4v) is 1.60. The van der Waals surface area contributed by atoms with Crippen LogP contribution in [0.2, 0.25) is 0 Å². The van der Waals surface area contributed by atoms with Crippen molar-refractivity contribution in [3.05, 3.63) is 0 Å². The fourth-order valence-electron chi connectivity index (χ4n) is 1.60. The van der Waals surface area contributed by atoms with Gasteiger partial charge < -0.3 is 11.1 Å². The molecule has 3 nitrogen and oxygen atoms in total. The van der Waals surface area contributed by atoms with E-state index in [0.29, 0.717) is 0 Å². The number of nitrogens with one attached hydrogen (secondary N) is 1. The molecule has 3 heteroatoms. The summed E-state index contributed by atoms with van der Waals surface area (Å²) in [4.78, 5) is 11.8. The molecule has 0 aliphatic rings. The molecule has 0 heterocycles. The van der Waals surface area contributed by atoms with Gasteiger partial charge in [0.2, 0.25) is 5.91 Å². The van der Waals surface area contributed by atoms with Gasteiger partial charge >= 0.3 is 0 Å². The highest BCUT2D eigenvalue weighted by molar-refractivity contribution is 5.85. The number of hydrogen-bond acceptors (Lipinski definition) is 2. The van der Waals surface area contributed by atoms with Crippen LogP contribution in [0.5, 0.6) is 0 Å². The van der Waals surface area contributed by atoms with Crippen molar-refractivity contribution in [2.24, 2.45) is 5.73 Å². The van der Waals surface area contributed by atoms with Crippen LogP contribution >= 0.6 is 0 Å². The first-order valence-corrected chi connectivity index (χ1v) is 6.03. The monoisotopic (exact) mass is 214 g/mol. The van der Waals surface area contributed by atoms with Crippen LogP contribution in [0, 0.1) is 0 Å². The van der Waals surface area contributed by atoms with Crippen molar-refractivity contribution in [3.8, 4) is 0 Å². The molecule has 0 spiro atoms. The summed E-state index contributed by atoms with van der Waals surface area (Å²) in [6.07, 6.45) is 5.01. The Morgan fingerprint density at radius 1 is 1.40 bits per heavy atom. The molecule has 0 saturated carbocycles. The van der Waals surface area contributed by atoms with Crippen molar-refractivity contribution in [3.63, 3.8) is 0 Å². The summed E-state index contributed by atoms with van der Waals surface area (Å²) in [6, 6.07) is 0.234. The van der Waals surface area contributed by atoms with Crippen LogP contribution in [0.4, 0.5) is 0 Å². The molecule has 0 aromatic carbocycles. The van der Waals surface area contributed by atoms with Crippen LogP contribution in [0.15, 0.2) is 0 Å². The van der Waals surface area contributed by atoms with E-state index in [2.05, 4.69) is 12.2 Å². The molecule has 0 radical (unpaired) electrons. The number of amides is 1. The molecule has 1 amide bonds. The van der Waals surface area contributed by atoms with Crippen LogP contribution in [0.1, 0.15) is 59.8 Å². The van der Waals surface area contributed by atoms with E-state index in [9.17, 15) is 4.79 Å². The number of carbonyl (C=O) groups is 1. The van der Waals surface area contributed by atoms with Crippen molar-refractivity contribution >= 4 is 5.91 Å². The summed E-state index contributed by atoms with van der Waals surface area (Å²) in [6.45, 7) is 8.03. The van der Waals surface area contributed by atoms with Gasteiger partial charge in [0.25, 0.3) is 0 Å². The Balaban J connectivity index is 4.00. The summed E-state index contributed by atoms with van der Waals surface area (Å²) in [5.41, 5.74) is 5.22. The van der Waals surface area contributed by atoms with Gasteiger partial charge in [0.15, 0.2) is 0 Å². The molecule has 90 valence electrons. The molecule has 0 rings (SSSR count). The molecule has 3 N–H and O–H groups in total. The zero-order chi connectivity index (χ0) is 11.9. The van der Waals surface area contributed by atoms with Crippen molar-refractivity contribution < 1.29 is 4.79 Å². The lowest BCUT2D eigenvalue weighted by Gasteiger charge is -2.25. The first-order valence-electron chi connectivity index (χ1n) is 6.03. The molecule has 15 heavy (non-hydrogen) atoms. The average molecular weight is 214 g/mol. The maximum absolute atomic E-state index is 11.8. The summed E-state index contributed by atoms with van der Waals surface area (Å²) < 4.78 is 0. The summed E-state index contributed by atoms with van der Waals surface area (Å²) >= 11 is 0. The van der Waals surface area contributed by atoms with E-state index in [1.807, 2.05) is 13.8 Å². The van der Waals surface area contributed by atoms with Crippen LogP contribution in [0.25, 0.3) is 0 Å². The molecule has 0 aliphatic carbocycles. The molecule has 0 saturated heterocycles. The van der Waals surface area contributed by atoms with E-state index in [0.717, 1.165) is 32.1 Å². The molecule has 0 fully saturated rings. The van der Waals surface area contributed by atoms with Gasteiger partial charge in [-0.2, -0.15) is 0 Å². The number of rotatable bonds is 7. The van der Waals surface area contributed by atoms with Gasteiger partial charge in [-0.3, -0.25) is 4.79 Å². The third kappa shape index (κ3) is 5.78. The summed E-state index contributed by atoms with van der Waals surface area (Å²) in [5, 5.41) is 2.98. The van der Waals surface area contributed by atoms with E-state index < -0.39 is 5.54 Å².